The summed E-state index contributed by atoms with van der Waals surface area (Å²) in [4.78, 5) is 0. The first-order valence-corrected chi connectivity index (χ1v) is 6.64. The van der Waals surface area contributed by atoms with Crippen LogP contribution in [0.4, 0.5) is 4.39 Å². The molecule has 0 bridgehead atoms. The average molecular weight is 274 g/mol. The summed E-state index contributed by atoms with van der Waals surface area (Å²) >= 11 is 0. The van der Waals surface area contributed by atoms with Crippen molar-refractivity contribution < 1.29 is 14.2 Å². The molecule has 2 aromatic carbocycles. The predicted molar refractivity (Wildman–Crippen MR) is 77.3 cm³/mol. The molecule has 1 atom stereocenters. The second-order valence-electron chi connectivity index (χ2n) is 5.07. The lowest BCUT2D eigenvalue weighted by atomic mass is 10.1. The van der Waals surface area contributed by atoms with E-state index in [4.69, 9.17) is 4.74 Å². The largest absolute Gasteiger partial charge is 0.488 e. The standard InChI is InChI=1S/C17H19FO2/c1-11-4-5-14(8-12(11)2)10-20-17-9-15(18)6-7-16(17)13(3)19/h4-9,13,19H,10H2,1-3H3/t13-/m1/s1. The molecule has 3 heteroatoms. The van der Waals surface area contributed by atoms with Crippen LogP contribution in [0.5, 0.6) is 5.75 Å². The summed E-state index contributed by atoms with van der Waals surface area (Å²) < 4.78 is 19.0. The summed E-state index contributed by atoms with van der Waals surface area (Å²) in [5.41, 5.74) is 4.04. The molecule has 0 aliphatic heterocycles. The predicted octanol–water partition coefficient (Wildman–Crippen LogP) is 4.07. The van der Waals surface area contributed by atoms with Crippen molar-refractivity contribution >= 4 is 0 Å². The number of hydrogen-bond donors (Lipinski definition) is 1. The van der Waals surface area contributed by atoms with Gasteiger partial charge in [0.15, 0.2) is 0 Å². The molecule has 0 saturated carbocycles. The third-order valence-corrected chi connectivity index (χ3v) is 3.39. The van der Waals surface area contributed by atoms with Gasteiger partial charge in [-0.2, -0.15) is 0 Å². The average Bonchev–Trinajstić information content (AvgIpc) is 2.40. The quantitative estimate of drug-likeness (QED) is 0.910. The number of aliphatic hydroxyl groups is 1. The van der Waals surface area contributed by atoms with Gasteiger partial charge < -0.3 is 9.84 Å². The number of halogens is 1. The molecule has 0 aliphatic rings. The fraction of sp³-hybridized carbons (Fsp3) is 0.294. The Balaban J connectivity index is 2.17. The molecule has 1 N–H and O–H groups in total. The molecule has 0 fully saturated rings. The van der Waals surface area contributed by atoms with Crippen molar-refractivity contribution in [1.82, 2.24) is 0 Å². The first kappa shape index (κ1) is 14.5. The molecule has 0 amide bonds. The maximum absolute atomic E-state index is 13.3. The van der Waals surface area contributed by atoms with E-state index in [1.807, 2.05) is 19.1 Å². The zero-order chi connectivity index (χ0) is 14.7. The van der Waals surface area contributed by atoms with Gasteiger partial charge in [-0.1, -0.05) is 18.2 Å². The van der Waals surface area contributed by atoms with Gasteiger partial charge in [0.25, 0.3) is 0 Å². The molecule has 0 aromatic heterocycles. The monoisotopic (exact) mass is 274 g/mol. The molecule has 0 spiro atoms. The van der Waals surface area contributed by atoms with Gasteiger partial charge in [-0.25, -0.2) is 4.39 Å². The highest BCUT2D eigenvalue weighted by atomic mass is 19.1. The van der Waals surface area contributed by atoms with Crippen molar-refractivity contribution in [2.24, 2.45) is 0 Å². The summed E-state index contributed by atoms with van der Waals surface area (Å²) in [6.07, 6.45) is -0.689. The highest BCUT2D eigenvalue weighted by Gasteiger charge is 2.10. The molecule has 106 valence electrons. The van der Waals surface area contributed by atoms with E-state index in [0.717, 1.165) is 5.56 Å². The van der Waals surface area contributed by atoms with E-state index in [0.29, 0.717) is 17.9 Å². The Morgan fingerprint density at radius 3 is 2.50 bits per heavy atom. The van der Waals surface area contributed by atoms with E-state index in [1.165, 1.54) is 23.3 Å². The summed E-state index contributed by atoms with van der Waals surface area (Å²) in [6.45, 7) is 6.08. The van der Waals surface area contributed by atoms with Crippen LogP contribution < -0.4 is 4.74 Å². The summed E-state index contributed by atoms with van der Waals surface area (Å²) in [5, 5.41) is 9.67. The number of ether oxygens (including phenoxy) is 1. The Bertz CT molecular complexity index is 606. The minimum Gasteiger partial charge on any atom is -0.488 e. The second-order valence-corrected chi connectivity index (χ2v) is 5.07. The molecule has 0 heterocycles. The minimum atomic E-state index is -0.689. The van der Waals surface area contributed by atoms with Gasteiger partial charge in [-0.05, 0) is 49.6 Å². The molecule has 0 unspecified atom stereocenters. The molecule has 20 heavy (non-hydrogen) atoms. The molecule has 0 radical (unpaired) electrons. The van der Waals surface area contributed by atoms with Crippen molar-refractivity contribution in [3.05, 3.63) is 64.5 Å². The van der Waals surface area contributed by atoms with Crippen molar-refractivity contribution in [2.75, 3.05) is 0 Å². The topological polar surface area (TPSA) is 29.5 Å². The lowest BCUT2D eigenvalue weighted by molar-refractivity contribution is 0.190. The van der Waals surface area contributed by atoms with Gasteiger partial charge in [0, 0.05) is 11.6 Å². The normalized spacial score (nSPS) is 12.2. The van der Waals surface area contributed by atoms with Gasteiger partial charge in [0.1, 0.15) is 18.2 Å². The number of hydrogen-bond acceptors (Lipinski definition) is 2. The van der Waals surface area contributed by atoms with E-state index in [2.05, 4.69) is 13.0 Å². The number of rotatable bonds is 4. The highest BCUT2D eigenvalue weighted by Crippen LogP contribution is 2.27. The zero-order valence-corrected chi connectivity index (χ0v) is 12.0. The Labute approximate surface area is 118 Å². The lowest BCUT2D eigenvalue weighted by Gasteiger charge is -2.14. The molecule has 0 aliphatic carbocycles. The van der Waals surface area contributed by atoms with E-state index in [-0.39, 0.29) is 5.82 Å². The van der Waals surface area contributed by atoms with Crippen molar-refractivity contribution in [3.8, 4) is 5.75 Å². The lowest BCUT2D eigenvalue weighted by Crippen LogP contribution is -2.02. The Morgan fingerprint density at radius 2 is 1.85 bits per heavy atom. The minimum absolute atomic E-state index is 0.351. The molecular weight excluding hydrogens is 255 g/mol. The maximum atomic E-state index is 13.3. The van der Waals surface area contributed by atoms with Crippen molar-refractivity contribution in [1.29, 1.82) is 0 Å². The van der Waals surface area contributed by atoms with Gasteiger partial charge >= 0.3 is 0 Å². The van der Waals surface area contributed by atoms with E-state index < -0.39 is 6.10 Å². The van der Waals surface area contributed by atoms with E-state index in [1.54, 1.807) is 13.0 Å². The highest BCUT2D eigenvalue weighted by molar-refractivity contribution is 5.36. The third-order valence-electron chi connectivity index (χ3n) is 3.39. The SMILES string of the molecule is Cc1ccc(COc2cc(F)ccc2[C@@H](C)O)cc1C. The Hall–Kier alpha value is -1.87. The van der Waals surface area contributed by atoms with E-state index in [9.17, 15) is 9.50 Å². The first-order chi connectivity index (χ1) is 9.47. The van der Waals surface area contributed by atoms with Crippen LogP contribution in [0, 0.1) is 19.7 Å². The van der Waals surface area contributed by atoms with Crippen LogP contribution >= 0.6 is 0 Å². The molecule has 2 rings (SSSR count). The van der Waals surface area contributed by atoms with Crippen LogP contribution in [0.25, 0.3) is 0 Å². The van der Waals surface area contributed by atoms with Crippen LogP contribution in [0.1, 0.15) is 35.3 Å². The van der Waals surface area contributed by atoms with Gasteiger partial charge in [-0.15, -0.1) is 0 Å². The summed E-state index contributed by atoms with van der Waals surface area (Å²) in [7, 11) is 0. The van der Waals surface area contributed by atoms with Crippen molar-refractivity contribution in [3.63, 3.8) is 0 Å². The van der Waals surface area contributed by atoms with Gasteiger partial charge in [0.2, 0.25) is 0 Å². The van der Waals surface area contributed by atoms with Crippen LogP contribution in [0.2, 0.25) is 0 Å². The van der Waals surface area contributed by atoms with Crippen LogP contribution in [-0.2, 0) is 6.61 Å². The second kappa shape index (κ2) is 6.06. The fourth-order valence-corrected chi connectivity index (χ4v) is 2.03. The molecule has 2 aromatic rings. The molecule has 0 saturated heterocycles. The number of aryl methyl sites for hydroxylation is 2. The van der Waals surface area contributed by atoms with E-state index >= 15 is 0 Å². The summed E-state index contributed by atoms with van der Waals surface area (Å²) in [6, 6.07) is 10.3. The van der Waals surface area contributed by atoms with Crippen LogP contribution in [0.3, 0.4) is 0 Å². The number of aliphatic hydroxyl groups excluding tert-OH is 1. The molecular formula is C17H19FO2. The van der Waals surface area contributed by atoms with Crippen molar-refractivity contribution in [2.45, 2.75) is 33.5 Å². The Morgan fingerprint density at radius 1 is 1.10 bits per heavy atom. The van der Waals surface area contributed by atoms with Gasteiger partial charge in [-0.3, -0.25) is 0 Å². The zero-order valence-electron chi connectivity index (χ0n) is 12.0. The fourth-order valence-electron chi connectivity index (χ4n) is 2.03. The smallest absolute Gasteiger partial charge is 0.128 e. The maximum Gasteiger partial charge on any atom is 0.128 e. The molecule has 2 nitrogen and oxygen atoms in total. The van der Waals surface area contributed by atoms with Crippen LogP contribution in [-0.4, -0.2) is 5.11 Å². The Kier molecular flexibility index (Phi) is 4.40. The first-order valence-electron chi connectivity index (χ1n) is 6.64. The summed E-state index contributed by atoms with van der Waals surface area (Å²) in [5.74, 6) is 0.0164. The van der Waals surface area contributed by atoms with Gasteiger partial charge in [0.05, 0.1) is 6.10 Å². The third kappa shape index (κ3) is 3.36. The number of benzene rings is 2. The van der Waals surface area contributed by atoms with Crippen LogP contribution in [0.15, 0.2) is 36.4 Å².